The monoisotopic (exact) mass is 335 g/mol. The summed E-state index contributed by atoms with van der Waals surface area (Å²) in [7, 11) is -3.96. The zero-order valence-corrected chi connectivity index (χ0v) is 13.6. The molecule has 1 saturated heterocycles. The molecule has 0 radical (unpaired) electrons. The summed E-state index contributed by atoms with van der Waals surface area (Å²) >= 11 is 5.85. The highest BCUT2D eigenvalue weighted by molar-refractivity contribution is 7.89. The predicted octanol–water partition coefficient (Wildman–Crippen LogP) is 2.78. The molecule has 1 aliphatic rings. The molecule has 2 rings (SSSR count). The molecule has 1 aliphatic heterocycles. The van der Waals surface area contributed by atoms with Gasteiger partial charge in [0.2, 0.25) is 10.0 Å². The maximum atomic E-state index is 14.3. The normalized spacial score (nSPS) is 20.4. The highest BCUT2D eigenvalue weighted by Crippen LogP contribution is 2.33. The van der Waals surface area contributed by atoms with Gasteiger partial charge in [0.15, 0.2) is 0 Å². The molecular weight excluding hydrogens is 317 g/mol. The molecular formula is C14H19ClFNO3S. The van der Waals surface area contributed by atoms with E-state index in [1.165, 1.54) is 10.4 Å². The van der Waals surface area contributed by atoms with Crippen LogP contribution in [0.1, 0.15) is 32.3 Å². The summed E-state index contributed by atoms with van der Waals surface area (Å²) in [5.74, 6) is -0.766. The van der Waals surface area contributed by atoms with Crippen LogP contribution in [0.5, 0.6) is 0 Å². The molecule has 1 aromatic carbocycles. The molecule has 4 nitrogen and oxygen atoms in total. The van der Waals surface area contributed by atoms with Crippen LogP contribution >= 0.6 is 11.6 Å². The Hall–Kier alpha value is -0.690. The molecule has 0 spiro atoms. The van der Waals surface area contributed by atoms with Crippen LogP contribution < -0.4 is 0 Å². The molecule has 7 heteroatoms. The van der Waals surface area contributed by atoms with Gasteiger partial charge in [-0.25, -0.2) is 12.8 Å². The Labute approximate surface area is 129 Å². The van der Waals surface area contributed by atoms with E-state index in [-0.39, 0.29) is 22.5 Å². The summed E-state index contributed by atoms with van der Waals surface area (Å²) < 4.78 is 41.1. The molecule has 1 atom stereocenters. The van der Waals surface area contributed by atoms with E-state index in [1.54, 1.807) is 0 Å². The maximum Gasteiger partial charge on any atom is 0.246 e. The zero-order valence-electron chi connectivity index (χ0n) is 12.0. The average molecular weight is 336 g/mol. The minimum absolute atomic E-state index is 0.0966. The van der Waals surface area contributed by atoms with E-state index in [1.807, 2.05) is 13.8 Å². The summed E-state index contributed by atoms with van der Waals surface area (Å²) in [6, 6.07) is 2.21. The van der Waals surface area contributed by atoms with Gasteiger partial charge < -0.3 is 5.11 Å². The molecule has 1 aromatic rings. The van der Waals surface area contributed by atoms with E-state index in [9.17, 15) is 12.8 Å². The minimum atomic E-state index is -3.96. The largest absolute Gasteiger partial charge is 0.392 e. The number of halogens is 2. The summed E-state index contributed by atoms with van der Waals surface area (Å²) in [5, 5.41) is 9.23. The van der Waals surface area contributed by atoms with E-state index in [2.05, 4.69) is 0 Å². The van der Waals surface area contributed by atoms with Gasteiger partial charge in [-0.2, -0.15) is 4.31 Å². The molecule has 0 aromatic heterocycles. The molecule has 1 fully saturated rings. The van der Waals surface area contributed by atoms with E-state index in [4.69, 9.17) is 16.7 Å². The second-order valence-electron chi connectivity index (χ2n) is 5.60. The molecule has 0 aliphatic carbocycles. The van der Waals surface area contributed by atoms with Crippen molar-refractivity contribution in [1.82, 2.24) is 4.31 Å². The van der Waals surface area contributed by atoms with E-state index < -0.39 is 27.3 Å². The van der Waals surface area contributed by atoms with Gasteiger partial charge in [0.05, 0.1) is 6.61 Å². The fourth-order valence-corrected chi connectivity index (χ4v) is 5.04. The summed E-state index contributed by atoms with van der Waals surface area (Å²) in [6.45, 7) is 3.69. The lowest BCUT2D eigenvalue weighted by atomic mass is 10.0. The summed E-state index contributed by atoms with van der Waals surface area (Å²) in [6.07, 6.45) is 1.53. The number of rotatable bonds is 4. The zero-order chi connectivity index (χ0) is 15.8. The first-order chi connectivity index (χ1) is 9.78. The van der Waals surface area contributed by atoms with Crippen molar-refractivity contribution in [2.75, 3.05) is 6.54 Å². The van der Waals surface area contributed by atoms with Crippen LogP contribution in [0.15, 0.2) is 17.0 Å². The average Bonchev–Trinajstić information content (AvgIpc) is 2.91. The molecule has 0 saturated carbocycles. The third-order valence-corrected chi connectivity index (χ3v) is 6.00. The minimum Gasteiger partial charge on any atom is -0.392 e. The van der Waals surface area contributed by atoms with Gasteiger partial charge in [-0.1, -0.05) is 25.4 Å². The first-order valence-electron chi connectivity index (χ1n) is 6.89. The van der Waals surface area contributed by atoms with Crippen LogP contribution in [0, 0.1) is 11.7 Å². The van der Waals surface area contributed by atoms with Gasteiger partial charge in [0, 0.05) is 23.2 Å². The van der Waals surface area contributed by atoms with Gasteiger partial charge in [-0.05, 0) is 30.9 Å². The lowest BCUT2D eigenvalue weighted by Gasteiger charge is -2.27. The lowest BCUT2D eigenvalue weighted by Crippen LogP contribution is -2.38. The molecule has 1 heterocycles. The van der Waals surface area contributed by atoms with Crippen molar-refractivity contribution < 1.29 is 17.9 Å². The number of nitrogens with zero attached hydrogens (tertiary/aromatic N) is 1. The Bertz CT molecular complexity index is 633. The van der Waals surface area contributed by atoms with E-state index in [0.717, 1.165) is 18.9 Å². The van der Waals surface area contributed by atoms with Gasteiger partial charge in [-0.3, -0.25) is 0 Å². The topological polar surface area (TPSA) is 57.6 Å². The molecule has 118 valence electrons. The first kappa shape index (κ1) is 16.7. The van der Waals surface area contributed by atoms with Crippen molar-refractivity contribution >= 4 is 21.6 Å². The standard InChI is InChI=1S/C14H19ClFNO3S/c1-9(2)12-4-3-5-17(12)21(19,20)13-7-11(15)6-10(8-18)14(13)16/h6-7,9,12,18H,3-5,8H2,1-2H3. The van der Waals surface area contributed by atoms with Crippen molar-refractivity contribution in [3.8, 4) is 0 Å². The quantitative estimate of drug-likeness (QED) is 0.920. The van der Waals surface area contributed by atoms with Gasteiger partial charge in [0.25, 0.3) is 0 Å². The highest BCUT2D eigenvalue weighted by Gasteiger charge is 2.38. The van der Waals surface area contributed by atoms with Crippen LogP contribution in [-0.2, 0) is 16.6 Å². The van der Waals surface area contributed by atoms with Crippen LogP contribution in [0.3, 0.4) is 0 Å². The predicted molar refractivity (Wildman–Crippen MR) is 79.1 cm³/mol. The van der Waals surface area contributed by atoms with Crippen molar-refractivity contribution in [2.45, 2.75) is 44.2 Å². The summed E-state index contributed by atoms with van der Waals surface area (Å²) in [5.41, 5.74) is -0.110. The number of aliphatic hydroxyl groups is 1. The van der Waals surface area contributed by atoms with Crippen molar-refractivity contribution in [3.05, 3.63) is 28.5 Å². The smallest absolute Gasteiger partial charge is 0.246 e. The Morgan fingerprint density at radius 1 is 1.48 bits per heavy atom. The molecule has 21 heavy (non-hydrogen) atoms. The fourth-order valence-electron chi connectivity index (χ4n) is 2.78. The van der Waals surface area contributed by atoms with Crippen LogP contribution in [-0.4, -0.2) is 30.4 Å². The second kappa shape index (κ2) is 6.20. The second-order valence-corrected chi connectivity index (χ2v) is 7.90. The van der Waals surface area contributed by atoms with E-state index in [0.29, 0.717) is 6.54 Å². The summed E-state index contributed by atoms with van der Waals surface area (Å²) in [4.78, 5) is -0.452. The third kappa shape index (κ3) is 3.08. The van der Waals surface area contributed by atoms with Gasteiger partial charge in [0.1, 0.15) is 10.7 Å². The lowest BCUT2D eigenvalue weighted by molar-refractivity contribution is 0.274. The van der Waals surface area contributed by atoms with Crippen LogP contribution in [0.4, 0.5) is 4.39 Å². The molecule has 0 amide bonds. The van der Waals surface area contributed by atoms with Crippen molar-refractivity contribution in [3.63, 3.8) is 0 Å². The molecule has 1 N–H and O–H groups in total. The fraction of sp³-hybridized carbons (Fsp3) is 0.571. The van der Waals surface area contributed by atoms with Crippen LogP contribution in [0.2, 0.25) is 5.02 Å². The maximum absolute atomic E-state index is 14.3. The number of hydrogen-bond acceptors (Lipinski definition) is 3. The van der Waals surface area contributed by atoms with Crippen molar-refractivity contribution in [2.24, 2.45) is 5.92 Å². The van der Waals surface area contributed by atoms with Crippen LogP contribution in [0.25, 0.3) is 0 Å². The Morgan fingerprint density at radius 3 is 2.71 bits per heavy atom. The Balaban J connectivity index is 2.52. The first-order valence-corrected chi connectivity index (χ1v) is 8.71. The van der Waals surface area contributed by atoms with E-state index >= 15 is 0 Å². The molecule has 0 bridgehead atoms. The number of sulfonamides is 1. The third-order valence-electron chi connectivity index (χ3n) is 3.85. The SMILES string of the molecule is CC(C)C1CCCN1S(=O)(=O)c1cc(Cl)cc(CO)c1F. The highest BCUT2D eigenvalue weighted by atomic mass is 35.5. The number of aliphatic hydroxyl groups excluding tert-OH is 1. The number of benzene rings is 1. The number of hydrogen-bond donors (Lipinski definition) is 1. The van der Waals surface area contributed by atoms with Gasteiger partial charge in [-0.15, -0.1) is 0 Å². The van der Waals surface area contributed by atoms with Gasteiger partial charge >= 0.3 is 0 Å². The Morgan fingerprint density at radius 2 is 2.14 bits per heavy atom. The Kier molecular flexibility index (Phi) is 4.92. The molecule has 1 unspecified atom stereocenters. The van der Waals surface area contributed by atoms with Crippen molar-refractivity contribution in [1.29, 1.82) is 0 Å².